The SMILES string of the molecule is CCOc1cc(-n2nc(COC3CCCCO3)n(CC)c2=O)c(F)cc1C=O. The number of hydrogen-bond donors (Lipinski definition) is 0. The molecule has 1 unspecified atom stereocenters. The molecule has 3 rings (SSSR count). The first-order valence-corrected chi connectivity index (χ1v) is 9.42. The van der Waals surface area contributed by atoms with Crippen molar-refractivity contribution in [3.05, 3.63) is 39.8 Å². The Labute approximate surface area is 161 Å². The molecule has 0 bridgehead atoms. The van der Waals surface area contributed by atoms with Crippen molar-refractivity contribution in [3.63, 3.8) is 0 Å². The van der Waals surface area contributed by atoms with Gasteiger partial charge in [0.05, 0.1) is 12.2 Å². The van der Waals surface area contributed by atoms with Crippen LogP contribution in [0.5, 0.6) is 5.75 Å². The van der Waals surface area contributed by atoms with Crippen molar-refractivity contribution in [2.75, 3.05) is 13.2 Å². The molecule has 1 aliphatic rings. The third-order valence-electron chi connectivity index (χ3n) is 4.53. The Morgan fingerprint density at radius 3 is 2.82 bits per heavy atom. The first-order chi connectivity index (χ1) is 13.6. The number of benzene rings is 1. The second-order valence-corrected chi connectivity index (χ2v) is 6.35. The van der Waals surface area contributed by atoms with Crippen molar-refractivity contribution in [3.8, 4) is 11.4 Å². The third kappa shape index (κ3) is 4.15. The van der Waals surface area contributed by atoms with E-state index in [1.807, 2.05) is 0 Å². The Morgan fingerprint density at radius 2 is 2.18 bits per heavy atom. The van der Waals surface area contributed by atoms with Crippen molar-refractivity contribution in [1.29, 1.82) is 0 Å². The van der Waals surface area contributed by atoms with Crippen LogP contribution in [0.15, 0.2) is 16.9 Å². The smallest absolute Gasteiger partial charge is 0.350 e. The van der Waals surface area contributed by atoms with Crippen LogP contribution in [-0.4, -0.2) is 40.1 Å². The van der Waals surface area contributed by atoms with E-state index in [1.165, 1.54) is 10.6 Å². The molecule has 2 heterocycles. The van der Waals surface area contributed by atoms with E-state index in [2.05, 4.69) is 5.10 Å². The molecule has 1 aromatic carbocycles. The lowest BCUT2D eigenvalue weighted by Gasteiger charge is -2.22. The van der Waals surface area contributed by atoms with E-state index >= 15 is 0 Å². The van der Waals surface area contributed by atoms with Gasteiger partial charge in [0.1, 0.15) is 23.9 Å². The summed E-state index contributed by atoms with van der Waals surface area (Å²) >= 11 is 0. The van der Waals surface area contributed by atoms with Gasteiger partial charge in [-0.1, -0.05) is 0 Å². The Kier molecular flexibility index (Phi) is 6.58. The van der Waals surface area contributed by atoms with Crippen LogP contribution >= 0.6 is 0 Å². The van der Waals surface area contributed by atoms with Gasteiger partial charge in [-0.2, -0.15) is 4.68 Å². The topological polar surface area (TPSA) is 84.6 Å². The molecule has 9 heteroatoms. The number of ether oxygens (including phenoxy) is 3. The summed E-state index contributed by atoms with van der Waals surface area (Å²) in [7, 11) is 0. The molecule has 0 N–H and O–H groups in total. The molecule has 28 heavy (non-hydrogen) atoms. The highest BCUT2D eigenvalue weighted by atomic mass is 19.1. The maximum absolute atomic E-state index is 14.6. The average Bonchev–Trinajstić information content (AvgIpc) is 3.03. The van der Waals surface area contributed by atoms with Gasteiger partial charge in [0.2, 0.25) is 0 Å². The van der Waals surface area contributed by atoms with Crippen molar-refractivity contribution < 1.29 is 23.4 Å². The lowest BCUT2D eigenvalue weighted by atomic mass is 10.2. The van der Waals surface area contributed by atoms with Crippen molar-refractivity contribution in [2.45, 2.75) is 52.6 Å². The van der Waals surface area contributed by atoms with E-state index < -0.39 is 11.5 Å². The molecule has 152 valence electrons. The Morgan fingerprint density at radius 1 is 1.36 bits per heavy atom. The molecule has 2 aromatic rings. The first-order valence-electron chi connectivity index (χ1n) is 9.42. The molecule has 1 atom stereocenters. The van der Waals surface area contributed by atoms with Crippen LogP contribution in [0.4, 0.5) is 4.39 Å². The molecule has 1 saturated heterocycles. The molecule has 0 spiro atoms. The number of carbonyl (C=O) groups is 1. The molecule has 0 aliphatic carbocycles. The fraction of sp³-hybridized carbons (Fsp3) is 0.526. The van der Waals surface area contributed by atoms with E-state index in [1.54, 1.807) is 13.8 Å². The van der Waals surface area contributed by atoms with Crippen LogP contribution in [0.25, 0.3) is 5.69 Å². The number of carbonyl (C=O) groups excluding carboxylic acids is 1. The maximum Gasteiger partial charge on any atom is 0.350 e. The van der Waals surface area contributed by atoms with Gasteiger partial charge in [-0.05, 0) is 39.2 Å². The molecule has 0 radical (unpaired) electrons. The summed E-state index contributed by atoms with van der Waals surface area (Å²) in [6, 6.07) is 2.35. The number of hydrogen-bond acceptors (Lipinski definition) is 6. The van der Waals surface area contributed by atoms with E-state index in [0.717, 1.165) is 30.0 Å². The third-order valence-corrected chi connectivity index (χ3v) is 4.53. The minimum atomic E-state index is -0.739. The van der Waals surface area contributed by atoms with E-state index in [0.29, 0.717) is 31.9 Å². The van der Waals surface area contributed by atoms with Gasteiger partial charge in [0, 0.05) is 19.2 Å². The van der Waals surface area contributed by atoms with Gasteiger partial charge < -0.3 is 14.2 Å². The van der Waals surface area contributed by atoms with Crippen molar-refractivity contribution >= 4 is 6.29 Å². The van der Waals surface area contributed by atoms with E-state index in [4.69, 9.17) is 14.2 Å². The van der Waals surface area contributed by atoms with E-state index in [-0.39, 0.29) is 29.9 Å². The highest BCUT2D eigenvalue weighted by Crippen LogP contribution is 2.24. The lowest BCUT2D eigenvalue weighted by molar-refractivity contribution is -0.170. The fourth-order valence-corrected chi connectivity index (χ4v) is 3.12. The largest absolute Gasteiger partial charge is 0.493 e. The number of rotatable bonds is 8. The lowest BCUT2D eigenvalue weighted by Crippen LogP contribution is -2.25. The number of halogens is 1. The standard InChI is InChI=1S/C19H24FN3O5/c1-3-22-17(12-28-18-7-5-6-8-27-18)21-23(19(22)25)15-10-16(26-4-2)13(11-24)9-14(15)20/h9-11,18H,3-8,12H2,1-2H3. The number of nitrogens with zero attached hydrogens (tertiary/aromatic N) is 3. The highest BCUT2D eigenvalue weighted by molar-refractivity contribution is 5.80. The normalized spacial score (nSPS) is 16.9. The molecule has 1 aromatic heterocycles. The van der Waals surface area contributed by atoms with Crippen molar-refractivity contribution in [1.82, 2.24) is 14.3 Å². The van der Waals surface area contributed by atoms with E-state index in [9.17, 15) is 14.0 Å². The molecular weight excluding hydrogens is 369 g/mol. The Balaban J connectivity index is 1.94. The maximum atomic E-state index is 14.6. The van der Waals surface area contributed by atoms with Crippen LogP contribution in [-0.2, 0) is 22.6 Å². The molecule has 8 nitrogen and oxygen atoms in total. The quantitative estimate of drug-likeness (QED) is 0.641. The zero-order chi connectivity index (χ0) is 20.1. The summed E-state index contributed by atoms with van der Waals surface area (Å²) in [6.45, 7) is 4.92. The number of aldehydes is 1. The van der Waals surface area contributed by atoms with Gasteiger partial charge in [-0.15, -0.1) is 5.10 Å². The van der Waals surface area contributed by atoms with Gasteiger partial charge >= 0.3 is 5.69 Å². The van der Waals surface area contributed by atoms with Gasteiger partial charge in [-0.25, -0.2) is 9.18 Å². The first kappa shape index (κ1) is 20.2. The second-order valence-electron chi connectivity index (χ2n) is 6.35. The average molecular weight is 393 g/mol. The van der Waals surface area contributed by atoms with Gasteiger partial charge in [0.25, 0.3) is 0 Å². The summed E-state index contributed by atoms with van der Waals surface area (Å²) in [6.07, 6.45) is 3.00. The van der Waals surface area contributed by atoms with Gasteiger partial charge in [0.15, 0.2) is 18.4 Å². The molecule has 0 amide bonds. The van der Waals surface area contributed by atoms with Crippen LogP contribution < -0.4 is 10.4 Å². The Bertz CT molecular complexity index is 886. The predicted octanol–water partition coefficient (Wildman–Crippen LogP) is 2.45. The molecule has 1 aliphatic heterocycles. The van der Waals surface area contributed by atoms with Crippen LogP contribution in [0.2, 0.25) is 0 Å². The molecular formula is C19H24FN3O5. The second kappa shape index (κ2) is 9.11. The summed E-state index contributed by atoms with van der Waals surface area (Å²) < 4.78 is 33.6. The predicted molar refractivity (Wildman–Crippen MR) is 98.4 cm³/mol. The Hall–Kier alpha value is -2.52. The molecule has 1 fully saturated rings. The van der Waals surface area contributed by atoms with Crippen LogP contribution in [0, 0.1) is 5.82 Å². The summed E-state index contributed by atoms with van der Waals surface area (Å²) in [4.78, 5) is 23.9. The zero-order valence-electron chi connectivity index (χ0n) is 16.0. The summed E-state index contributed by atoms with van der Waals surface area (Å²) in [5, 5.41) is 4.26. The fourth-order valence-electron chi connectivity index (χ4n) is 3.12. The molecule has 0 saturated carbocycles. The highest BCUT2D eigenvalue weighted by Gasteiger charge is 2.21. The van der Waals surface area contributed by atoms with Crippen molar-refractivity contribution in [2.24, 2.45) is 0 Å². The zero-order valence-corrected chi connectivity index (χ0v) is 16.0. The van der Waals surface area contributed by atoms with Crippen LogP contribution in [0.3, 0.4) is 0 Å². The number of aromatic nitrogens is 3. The van der Waals surface area contributed by atoms with Gasteiger partial charge in [-0.3, -0.25) is 9.36 Å². The summed E-state index contributed by atoms with van der Waals surface area (Å²) in [5.74, 6) is -0.171. The van der Waals surface area contributed by atoms with Crippen LogP contribution in [0.1, 0.15) is 49.3 Å². The minimum Gasteiger partial charge on any atom is -0.493 e. The summed E-state index contributed by atoms with van der Waals surface area (Å²) in [5.41, 5.74) is -0.503. The minimum absolute atomic E-state index is 0.0732. The monoisotopic (exact) mass is 393 g/mol.